The van der Waals surface area contributed by atoms with Gasteiger partial charge in [-0.25, -0.2) is 0 Å². The van der Waals surface area contributed by atoms with E-state index in [1.54, 1.807) is 88.2 Å². The van der Waals surface area contributed by atoms with Gasteiger partial charge in [0.1, 0.15) is 0 Å². The van der Waals surface area contributed by atoms with Crippen molar-refractivity contribution in [3.8, 4) is 0 Å². The van der Waals surface area contributed by atoms with Crippen molar-refractivity contribution in [2.75, 3.05) is 0 Å². The van der Waals surface area contributed by atoms with E-state index in [4.69, 9.17) is 19.4 Å². The molecule has 0 N–H and O–H groups in total. The van der Waals surface area contributed by atoms with E-state index in [-0.39, 0.29) is 36.4 Å². The zero-order chi connectivity index (χ0) is 38.3. The number of benzene rings is 2. The first-order valence-electron chi connectivity index (χ1n) is 24.0. The van der Waals surface area contributed by atoms with Crippen molar-refractivity contribution in [2.24, 2.45) is 0 Å². The molecule has 0 aliphatic heterocycles. The summed E-state index contributed by atoms with van der Waals surface area (Å²) < 4.78 is 0. The maximum atomic E-state index is 4.85. The monoisotopic (exact) mass is 920 g/mol. The van der Waals surface area contributed by atoms with Gasteiger partial charge in [-0.05, 0) is 122 Å². The van der Waals surface area contributed by atoms with Crippen LogP contribution in [0.15, 0.2) is 60.7 Å². The van der Waals surface area contributed by atoms with Crippen LogP contribution in [0.5, 0.6) is 0 Å². The molecule has 0 heterocycles. The number of fused-ring (bicyclic) bond motifs is 1. The molecule has 7 aliphatic carbocycles. The number of halogens is 2. The molecule has 7 aliphatic rings. The minimum atomic E-state index is -0.346. The Labute approximate surface area is 361 Å². The molecule has 0 unspecified atom stereocenters. The molecule has 310 valence electrons. The molecule has 6 saturated carbocycles. The van der Waals surface area contributed by atoms with Crippen LogP contribution < -0.4 is 0 Å². The van der Waals surface area contributed by atoms with Gasteiger partial charge in [-0.1, -0.05) is 192 Å². The Hall–Kier alpha value is 0.243. The number of hydrogen-bond donors (Lipinski definition) is 0. The predicted octanol–water partition coefficient (Wildman–Crippen LogP) is 17.4. The Morgan fingerprint density at radius 3 is 1.16 bits per heavy atom. The number of rotatable bonds is 9. The molecular weight excluding hydrogens is 846 g/mol. The third-order valence-corrected chi connectivity index (χ3v) is 25.6. The molecular formula is C51H74Cl2P2Ru. The number of allylic oxidation sites excluding steroid dienone is 1. The predicted molar refractivity (Wildman–Crippen MR) is 246 cm³/mol. The minimum absolute atomic E-state index is 0.122. The van der Waals surface area contributed by atoms with Gasteiger partial charge in [-0.15, -0.1) is 0 Å². The summed E-state index contributed by atoms with van der Waals surface area (Å²) in [5.74, 6) is 0. The zero-order valence-corrected chi connectivity index (χ0v) is 39.8. The van der Waals surface area contributed by atoms with Crippen molar-refractivity contribution in [3.05, 3.63) is 77.4 Å². The van der Waals surface area contributed by atoms with Crippen LogP contribution in [0.3, 0.4) is 0 Å². The molecule has 0 saturated heterocycles. The summed E-state index contributed by atoms with van der Waals surface area (Å²) in [5, 5.41) is 0.886. The summed E-state index contributed by atoms with van der Waals surface area (Å²) >= 11 is -0.346. The van der Waals surface area contributed by atoms with Gasteiger partial charge in [0.25, 0.3) is 0 Å². The van der Waals surface area contributed by atoms with E-state index in [9.17, 15) is 0 Å². The molecule has 0 amide bonds. The van der Waals surface area contributed by atoms with Crippen LogP contribution >= 0.6 is 35.2 Å². The fourth-order valence-electron chi connectivity index (χ4n) is 14.9. The summed E-state index contributed by atoms with van der Waals surface area (Å²) in [4.78, 5) is 0. The second-order valence-electron chi connectivity index (χ2n) is 19.5. The fourth-order valence-corrected chi connectivity index (χ4v) is 26.0. The van der Waals surface area contributed by atoms with E-state index < -0.39 is 0 Å². The average molecular weight is 921 g/mol. The Morgan fingerprint density at radius 1 is 0.429 bits per heavy atom. The molecule has 2 aromatic carbocycles. The van der Waals surface area contributed by atoms with Crippen molar-refractivity contribution in [1.82, 2.24) is 0 Å². The molecule has 0 aromatic heterocycles. The summed E-state index contributed by atoms with van der Waals surface area (Å²) in [5.41, 5.74) is 10.9. The van der Waals surface area contributed by atoms with Crippen LogP contribution in [-0.2, 0) is 20.6 Å². The van der Waals surface area contributed by atoms with E-state index in [1.165, 1.54) is 121 Å². The SMILES string of the molecule is C1=C(c2ccccc2)c2ccccc2C1(C1(P(C2CCCCC2)C2CCCCC2)CCCCC1)C1(P(C2CCCCC2)C2CCCCC2)CCCCC1.[Cl][Ru][Cl]. The third kappa shape index (κ3) is 8.28. The molecule has 0 nitrogen and oxygen atoms in total. The van der Waals surface area contributed by atoms with Gasteiger partial charge in [-0.3, -0.25) is 0 Å². The standard InChI is InChI=1S/C51H74P2.2ClH.Ru/c1-8-24-41(25-9-1)47-40-51(48-35-19-18-34-46(47)48,49(36-20-6-21-37-49)52(42-26-10-2-11-27-42)43-28-12-3-13-29-43)50(38-22-7-23-39-50)53(44-30-14-4-15-31-44)45-32-16-5-17-33-45;;;/h1,8-9,18-19,24-25,34-35,40,42-45H,2-7,10-17,20-23,26-33,36-39H2;2*1H;/q;;;+2/p-2. The van der Waals surface area contributed by atoms with Gasteiger partial charge in [0.05, 0.1) is 0 Å². The van der Waals surface area contributed by atoms with Crippen LogP contribution in [0.25, 0.3) is 5.57 Å². The van der Waals surface area contributed by atoms with Gasteiger partial charge in [-0.2, -0.15) is 0 Å². The van der Waals surface area contributed by atoms with Crippen LogP contribution in [0, 0.1) is 0 Å². The summed E-state index contributed by atoms with van der Waals surface area (Å²) in [6.07, 6.45) is 49.0. The van der Waals surface area contributed by atoms with Gasteiger partial charge in [0, 0.05) is 15.7 Å². The number of hydrogen-bond acceptors (Lipinski definition) is 0. The molecule has 0 atom stereocenters. The molecule has 56 heavy (non-hydrogen) atoms. The molecule has 5 heteroatoms. The molecule has 0 radical (unpaired) electrons. The second-order valence-corrected chi connectivity index (χ2v) is 28.4. The van der Waals surface area contributed by atoms with Crippen molar-refractivity contribution in [2.45, 2.75) is 231 Å². The summed E-state index contributed by atoms with van der Waals surface area (Å²) in [6, 6.07) is 22.4. The van der Waals surface area contributed by atoms with E-state index in [0.29, 0.717) is 10.3 Å². The molecule has 9 rings (SSSR count). The van der Waals surface area contributed by atoms with Crippen LogP contribution in [0.1, 0.15) is 209 Å². The average Bonchev–Trinajstić information content (AvgIpc) is 3.64. The van der Waals surface area contributed by atoms with Crippen LogP contribution in [-0.4, -0.2) is 32.9 Å². The maximum absolute atomic E-state index is 4.85. The first kappa shape index (κ1) is 42.9. The topological polar surface area (TPSA) is 0 Å². The van der Waals surface area contributed by atoms with Crippen molar-refractivity contribution in [1.29, 1.82) is 0 Å². The van der Waals surface area contributed by atoms with Gasteiger partial charge < -0.3 is 0 Å². The van der Waals surface area contributed by atoms with E-state index in [2.05, 4.69) is 60.7 Å². The quantitative estimate of drug-likeness (QED) is 0.174. The summed E-state index contributed by atoms with van der Waals surface area (Å²) in [7, 11) is 9.46. The molecule has 0 bridgehead atoms. The van der Waals surface area contributed by atoms with Gasteiger partial charge >= 0.3 is 34.5 Å². The third-order valence-electron chi connectivity index (χ3n) is 16.8. The van der Waals surface area contributed by atoms with Gasteiger partial charge in [0.2, 0.25) is 0 Å². The Bertz CT molecular complexity index is 1420. The molecule has 0 spiro atoms. The van der Waals surface area contributed by atoms with Crippen molar-refractivity contribution in [3.63, 3.8) is 0 Å². The van der Waals surface area contributed by atoms with E-state index in [0.717, 1.165) is 22.6 Å². The fraction of sp³-hybridized carbons (Fsp3) is 0.725. The van der Waals surface area contributed by atoms with E-state index in [1.807, 2.05) is 5.56 Å². The normalized spacial score (nSPS) is 26.4. The molecule has 2 aromatic rings. The van der Waals surface area contributed by atoms with Crippen molar-refractivity contribution < 1.29 is 15.1 Å². The Balaban J connectivity index is 0.00000143. The van der Waals surface area contributed by atoms with Crippen LogP contribution in [0.4, 0.5) is 0 Å². The van der Waals surface area contributed by atoms with Crippen LogP contribution in [0.2, 0.25) is 0 Å². The first-order chi connectivity index (χ1) is 27.7. The first-order valence-corrected chi connectivity index (χ1v) is 31.4. The van der Waals surface area contributed by atoms with E-state index >= 15 is 0 Å². The zero-order valence-electron chi connectivity index (χ0n) is 34.8. The second kappa shape index (κ2) is 20.4. The van der Waals surface area contributed by atoms with Crippen molar-refractivity contribution >= 4 is 40.8 Å². The summed E-state index contributed by atoms with van der Waals surface area (Å²) in [6.45, 7) is 0. The van der Waals surface area contributed by atoms with Gasteiger partial charge in [0.15, 0.2) is 0 Å². The molecule has 6 fully saturated rings. The Kier molecular flexibility index (Phi) is 15.6. The Morgan fingerprint density at radius 2 is 0.768 bits per heavy atom.